The minimum absolute atomic E-state index is 0.0162. The lowest BCUT2D eigenvalue weighted by atomic mass is 9.98. The van der Waals surface area contributed by atoms with Crippen LogP contribution in [-0.4, -0.2) is 30.6 Å². The van der Waals surface area contributed by atoms with Crippen molar-refractivity contribution < 1.29 is 36.6 Å². The fourth-order valence-electron chi connectivity index (χ4n) is 6.03. The molecule has 0 amide bonds. The molecular formula is C39H44F3NO6. The van der Waals surface area contributed by atoms with Crippen LogP contribution in [0, 0.1) is 26.7 Å². The van der Waals surface area contributed by atoms with Gasteiger partial charge in [-0.15, -0.1) is 0 Å². The highest BCUT2D eigenvalue weighted by Gasteiger charge is 2.41. The van der Waals surface area contributed by atoms with E-state index in [1.54, 1.807) is 44.2 Å². The summed E-state index contributed by atoms with van der Waals surface area (Å²) in [7, 11) is 0. The first-order chi connectivity index (χ1) is 23.3. The van der Waals surface area contributed by atoms with Crippen molar-refractivity contribution >= 4 is 16.9 Å². The molecule has 49 heavy (non-hydrogen) atoms. The summed E-state index contributed by atoms with van der Waals surface area (Å²) in [6.45, 7) is 11.7. The molecular weight excluding hydrogens is 635 g/mol. The average molecular weight is 680 g/mol. The number of carbonyl (C=O) groups excluding carboxylic acids is 1. The Labute approximate surface area is 285 Å². The van der Waals surface area contributed by atoms with Crippen molar-refractivity contribution in [2.45, 2.75) is 85.9 Å². The molecule has 1 saturated heterocycles. The molecule has 7 nitrogen and oxygen atoms in total. The summed E-state index contributed by atoms with van der Waals surface area (Å²) in [5.74, 6) is -1.92. The van der Waals surface area contributed by atoms with Gasteiger partial charge in [0, 0.05) is 6.54 Å². The summed E-state index contributed by atoms with van der Waals surface area (Å²) in [5.41, 5.74) is 1.34. The summed E-state index contributed by atoms with van der Waals surface area (Å²) in [4.78, 5) is 29.3. The van der Waals surface area contributed by atoms with Gasteiger partial charge in [-0.05, 0) is 118 Å². The maximum absolute atomic E-state index is 14.6. The van der Waals surface area contributed by atoms with Gasteiger partial charge in [0.05, 0.1) is 23.1 Å². The number of ether oxygens (including phenoxy) is 3. The highest BCUT2D eigenvalue weighted by atomic mass is 19.4. The normalized spacial score (nSPS) is 14.3. The molecule has 0 saturated carbocycles. The van der Waals surface area contributed by atoms with Gasteiger partial charge in [0.25, 0.3) is 5.76 Å². The SMILES string of the molecule is CCCCCCOc1ccc(C(=O)Oc2ccc3c(=O)c(Oc4cc(C)cc(C)c4C)c(C(F)(F)F)oc3c2CN2CCC(C)CC2)cc1. The summed E-state index contributed by atoms with van der Waals surface area (Å²) in [6.07, 6.45) is 1.03. The third kappa shape index (κ3) is 8.65. The van der Waals surface area contributed by atoms with Gasteiger partial charge in [0.2, 0.25) is 11.2 Å². The van der Waals surface area contributed by atoms with Gasteiger partial charge in [0.15, 0.2) is 0 Å². The Morgan fingerprint density at radius 1 is 0.959 bits per heavy atom. The van der Waals surface area contributed by atoms with Gasteiger partial charge in [-0.3, -0.25) is 9.69 Å². The molecule has 0 N–H and O–H groups in total. The molecule has 3 aromatic carbocycles. The lowest BCUT2D eigenvalue weighted by Gasteiger charge is -2.30. The number of carbonyl (C=O) groups is 1. The first-order valence-corrected chi connectivity index (χ1v) is 17.0. The average Bonchev–Trinajstić information content (AvgIpc) is 3.06. The Bertz CT molecular complexity index is 1840. The van der Waals surface area contributed by atoms with Gasteiger partial charge >= 0.3 is 12.1 Å². The number of alkyl halides is 3. The van der Waals surface area contributed by atoms with Crippen LogP contribution in [0.15, 0.2) is 57.7 Å². The van der Waals surface area contributed by atoms with Crippen molar-refractivity contribution in [1.29, 1.82) is 0 Å². The predicted molar refractivity (Wildman–Crippen MR) is 183 cm³/mol. The third-order valence-electron chi connectivity index (χ3n) is 9.13. The molecule has 0 unspecified atom stereocenters. The van der Waals surface area contributed by atoms with E-state index >= 15 is 0 Å². The monoisotopic (exact) mass is 679 g/mol. The van der Waals surface area contributed by atoms with Crippen LogP contribution in [-0.2, 0) is 12.7 Å². The van der Waals surface area contributed by atoms with Crippen LogP contribution in [0.5, 0.6) is 23.0 Å². The summed E-state index contributed by atoms with van der Waals surface area (Å²) in [5, 5.41) is -0.106. The molecule has 0 atom stereocenters. The van der Waals surface area contributed by atoms with E-state index in [9.17, 15) is 22.8 Å². The Morgan fingerprint density at radius 2 is 1.67 bits per heavy atom. The lowest BCUT2D eigenvalue weighted by molar-refractivity contribution is -0.154. The predicted octanol–water partition coefficient (Wildman–Crippen LogP) is 9.94. The highest BCUT2D eigenvalue weighted by molar-refractivity contribution is 5.92. The second-order valence-electron chi connectivity index (χ2n) is 13.1. The molecule has 1 aromatic heterocycles. The standard InChI is InChI=1S/C39H44F3NO6/c1-6-7-8-9-20-46-29-12-10-28(11-13-29)38(45)48-32-15-14-30-34(44)36(47-33-22-25(3)21-26(4)27(33)5)37(39(40,41)42)49-35(30)31(32)23-43-18-16-24(2)17-19-43/h10-15,21-22,24H,6-9,16-20,23H2,1-5H3. The number of esters is 1. The largest absolute Gasteiger partial charge is 0.494 e. The molecule has 0 spiro atoms. The van der Waals surface area contributed by atoms with E-state index in [1.807, 2.05) is 13.0 Å². The van der Waals surface area contributed by atoms with Gasteiger partial charge in [-0.1, -0.05) is 39.2 Å². The summed E-state index contributed by atoms with van der Waals surface area (Å²) in [6, 6.07) is 12.7. The van der Waals surface area contributed by atoms with E-state index in [2.05, 4.69) is 18.7 Å². The number of hydrogen-bond donors (Lipinski definition) is 0. The number of aryl methyl sites for hydroxylation is 2. The number of piperidine rings is 1. The molecule has 0 bridgehead atoms. The van der Waals surface area contributed by atoms with Crippen LogP contribution in [0.3, 0.4) is 0 Å². The van der Waals surface area contributed by atoms with Crippen molar-refractivity contribution in [2.75, 3.05) is 19.7 Å². The van der Waals surface area contributed by atoms with Crippen LogP contribution >= 0.6 is 0 Å². The fraction of sp³-hybridized carbons (Fsp3) is 0.436. The van der Waals surface area contributed by atoms with E-state index < -0.39 is 29.1 Å². The van der Waals surface area contributed by atoms with Crippen LogP contribution in [0.25, 0.3) is 11.0 Å². The quantitative estimate of drug-likeness (QED) is 0.0838. The lowest BCUT2D eigenvalue weighted by Crippen LogP contribution is -2.32. The number of fused-ring (bicyclic) bond motifs is 1. The Hall–Kier alpha value is -4.31. The fourth-order valence-corrected chi connectivity index (χ4v) is 6.03. The van der Waals surface area contributed by atoms with Crippen molar-refractivity contribution in [3.63, 3.8) is 0 Å². The zero-order valence-electron chi connectivity index (χ0n) is 28.8. The molecule has 0 aliphatic carbocycles. The Morgan fingerprint density at radius 3 is 2.35 bits per heavy atom. The molecule has 5 rings (SSSR count). The first-order valence-electron chi connectivity index (χ1n) is 17.0. The van der Waals surface area contributed by atoms with Gasteiger partial charge < -0.3 is 18.6 Å². The van der Waals surface area contributed by atoms with Gasteiger partial charge in [-0.2, -0.15) is 13.2 Å². The van der Waals surface area contributed by atoms with Crippen LogP contribution in [0.4, 0.5) is 13.2 Å². The van der Waals surface area contributed by atoms with Crippen LogP contribution in [0.2, 0.25) is 0 Å². The molecule has 10 heteroatoms. The van der Waals surface area contributed by atoms with Crippen molar-refractivity contribution in [3.05, 3.63) is 92.3 Å². The molecule has 262 valence electrons. The maximum atomic E-state index is 14.6. The molecule has 1 fully saturated rings. The summed E-state index contributed by atoms with van der Waals surface area (Å²) >= 11 is 0. The molecule has 0 radical (unpaired) electrons. The maximum Gasteiger partial charge on any atom is 0.453 e. The Kier molecular flexibility index (Phi) is 11.4. The van der Waals surface area contributed by atoms with Crippen LogP contribution < -0.4 is 19.6 Å². The number of unbranched alkanes of at least 4 members (excludes halogenated alkanes) is 3. The molecule has 1 aliphatic heterocycles. The first kappa shape index (κ1) is 36.0. The highest BCUT2D eigenvalue weighted by Crippen LogP contribution is 2.41. The Balaban J connectivity index is 1.53. The van der Waals surface area contributed by atoms with Crippen molar-refractivity contribution in [2.24, 2.45) is 5.92 Å². The topological polar surface area (TPSA) is 78.2 Å². The van der Waals surface area contributed by atoms with Crippen molar-refractivity contribution in [1.82, 2.24) is 4.90 Å². The minimum Gasteiger partial charge on any atom is -0.494 e. The molecule has 4 aromatic rings. The van der Waals surface area contributed by atoms with Crippen molar-refractivity contribution in [3.8, 4) is 23.0 Å². The second-order valence-corrected chi connectivity index (χ2v) is 13.1. The van der Waals surface area contributed by atoms with Gasteiger partial charge in [-0.25, -0.2) is 4.79 Å². The number of halogens is 3. The third-order valence-corrected chi connectivity index (χ3v) is 9.13. The smallest absolute Gasteiger partial charge is 0.453 e. The number of benzene rings is 3. The number of hydrogen-bond acceptors (Lipinski definition) is 7. The van der Waals surface area contributed by atoms with E-state index in [1.165, 1.54) is 12.1 Å². The van der Waals surface area contributed by atoms with E-state index in [0.29, 0.717) is 36.9 Å². The van der Waals surface area contributed by atoms with E-state index in [4.69, 9.17) is 18.6 Å². The second kappa shape index (κ2) is 15.5. The van der Waals surface area contributed by atoms with Gasteiger partial charge in [0.1, 0.15) is 22.8 Å². The minimum atomic E-state index is -5.06. The number of nitrogens with zero attached hydrogens (tertiary/aromatic N) is 1. The molecule has 2 heterocycles. The summed E-state index contributed by atoms with van der Waals surface area (Å²) < 4.78 is 66.9. The zero-order valence-corrected chi connectivity index (χ0v) is 28.8. The number of likely N-dealkylation sites (tertiary alicyclic amines) is 1. The zero-order chi connectivity index (χ0) is 35.3. The van der Waals surface area contributed by atoms with Crippen LogP contribution in [0.1, 0.15) is 90.7 Å². The number of rotatable bonds is 12. The molecule has 1 aliphatic rings. The van der Waals surface area contributed by atoms with E-state index in [-0.39, 0.29) is 40.1 Å². The van der Waals surface area contributed by atoms with E-state index in [0.717, 1.165) is 49.7 Å².